The molecule has 7 nitrogen and oxygen atoms in total. The lowest BCUT2D eigenvalue weighted by molar-refractivity contribution is 0.0482. The Morgan fingerprint density at radius 1 is 1.38 bits per heavy atom. The fraction of sp³-hybridized carbons (Fsp3) is 0.500. The van der Waals surface area contributed by atoms with Crippen LogP contribution in [0.15, 0.2) is 0 Å². The number of aryl methyl sites for hydroxylation is 3. The van der Waals surface area contributed by atoms with E-state index in [-0.39, 0.29) is 18.7 Å². The lowest BCUT2D eigenvalue weighted by Crippen LogP contribution is -2.29. The van der Waals surface area contributed by atoms with E-state index in [9.17, 15) is 9.59 Å². The molecule has 24 heavy (non-hydrogen) atoms. The zero-order valence-corrected chi connectivity index (χ0v) is 14.7. The summed E-state index contributed by atoms with van der Waals surface area (Å²) in [6, 6.07) is 0. The van der Waals surface area contributed by atoms with Crippen molar-refractivity contribution in [3.63, 3.8) is 0 Å². The Morgan fingerprint density at radius 2 is 2.17 bits per heavy atom. The maximum absolute atomic E-state index is 12.4. The van der Waals surface area contributed by atoms with Crippen LogP contribution in [-0.2, 0) is 15.9 Å². The van der Waals surface area contributed by atoms with Gasteiger partial charge in [0.05, 0.1) is 13.1 Å². The van der Waals surface area contributed by atoms with Gasteiger partial charge in [0, 0.05) is 17.5 Å². The maximum Gasteiger partial charge on any atom is 0.410 e. The molecule has 1 amide bonds. The van der Waals surface area contributed by atoms with Crippen molar-refractivity contribution in [2.24, 2.45) is 0 Å². The van der Waals surface area contributed by atoms with E-state index in [1.165, 1.54) is 16.2 Å². The third-order valence-electron chi connectivity index (χ3n) is 3.96. The van der Waals surface area contributed by atoms with Crippen LogP contribution in [-0.4, -0.2) is 53.2 Å². The van der Waals surface area contributed by atoms with Crippen LogP contribution in [0.2, 0.25) is 0 Å². The predicted molar refractivity (Wildman–Crippen MR) is 89.5 cm³/mol. The minimum absolute atomic E-state index is 0.145. The van der Waals surface area contributed by atoms with Gasteiger partial charge in [-0.3, -0.25) is 0 Å². The minimum Gasteiger partial charge on any atom is -0.460 e. The molecule has 128 valence electrons. The lowest BCUT2D eigenvalue weighted by Gasteiger charge is -2.12. The van der Waals surface area contributed by atoms with Gasteiger partial charge >= 0.3 is 12.1 Å². The van der Waals surface area contributed by atoms with Crippen molar-refractivity contribution in [2.75, 3.05) is 26.3 Å². The third-order valence-corrected chi connectivity index (χ3v) is 5.12. The number of hydrogen-bond donors (Lipinski definition) is 0. The number of fused-ring (bicyclic) bond motifs is 1. The topological polar surface area (TPSA) is 81.6 Å². The van der Waals surface area contributed by atoms with Gasteiger partial charge in [-0.1, -0.05) is 6.92 Å². The quantitative estimate of drug-likeness (QED) is 0.771. The van der Waals surface area contributed by atoms with E-state index < -0.39 is 0 Å². The normalized spacial score (nSPS) is 14.3. The van der Waals surface area contributed by atoms with Crippen molar-refractivity contribution in [1.29, 1.82) is 0 Å². The average molecular weight is 349 g/mol. The molecule has 3 heterocycles. The largest absolute Gasteiger partial charge is 0.460 e. The molecule has 0 bridgehead atoms. The molecule has 0 aromatic carbocycles. The molecule has 0 aliphatic carbocycles. The second-order valence-corrected chi connectivity index (χ2v) is 6.55. The van der Waals surface area contributed by atoms with Crippen LogP contribution in [0.4, 0.5) is 4.79 Å². The summed E-state index contributed by atoms with van der Waals surface area (Å²) in [6.07, 6.45) is 0.390. The molecule has 2 aromatic heterocycles. The van der Waals surface area contributed by atoms with Crippen LogP contribution in [0.1, 0.15) is 33.7 Å². The smallest absolute Gasteiger partial charge is 0.410 e. The Hall–Kier alpha value is -2.22. The minimum atomic E-state index is -0.388. The summed E-state index contributed by atoms with van der Waals surface area (Å²) >= 11 is 1.33. The number of ether oxygens (including phenoxy) is 2. The Kier molecular flexibility index (Phi) is 4.66. The number of thiophene rings is 1. The number of cyclic esters (lactones) is 1. The van der Waals surface area contributed by atoms with Crippen molar-refractivity contribution in [2.45, 2.75) is 27.2 Å². The highest BCUT2D eigenvalue weighted by molar-refractivity contribution is 7.20. The zero-order chi connectivity index (χ0) is 17.3. The van der Waals surface area contributed by atoms with Crippen molar-refractivity contribution in [3.8, 4) is 0 Å². The molecule has 0 unspecified atom stereocenters. The van der Waals surface area contributed by atoms with Crippen LogP contribution < -0.4 is 0 Å². The second kappa shape index (κ2) is 6.72. The van der Waals surface area contributed by atoms with Gasteiger partial charge in [0.25, 0.3) is 0 Å². The van der Waals surface area contributed by atoms with Gasteiger partial charge in [-0.25, -0.2) is 19.6 Å². The molecule has 1 fully saturated rings. The van der Waals surface area contributed by atoms with E-state index in [2.05, 4.69) is 9.97 Å². The molecular weight excluding hydrogens is 330 g/mol. The average Bonchev–Trinajstić information content (AvgIpc) is 3.11. The summed E-state index contributed by atoms with van der Waals surface area (Å²) in [5, 5.41) is 0.923. The van der Waals surface area contributed by atoms with Crippen LogP contribution in [0.25, 0.3) is 10.2 Å². The summed E-state index contributed by atoms with van der Waals surface area (Å²) in [5.41, 5.74) is 1.73. The fourth-order valence-electron chi connectivity index (χ4n) is 2.69. The molecule has 1 aliphatic heterocycles. The number of amides is 1. The summed E-state index contributed by atoms with van der Waals surface area (Å²) < 4.78 is 10.2. The number of nitrogens with zero attached hydrogens (tertiary/aromatic N) is 3. The first-order valence-electron chi connectivity index (χ1n) is 7.86. The van der Waals surface area contributed by atoms with Crippen molar-refractivity contribution in [1.82, 2.24) is 14.9 Å². The van der Waals surface area contributed by atoms with E-state index in [1.807, 2.05) is 20.8 Å². The van der Waals surface area contributed by atoms with Gasteiger partial charge in [0.2, 0.25) is 0 Å². The Balaban J connectivity index is 1.73. The van der Waals surface area contributed by atoms with Gasteiger partial charge in [-0.2, -0.15) is 0 Å². The number of esters is 1. The molecule has 3 rings (SSSR count). The highest BCUT2D eigenvalue weighted by Crippen LogP contribution is 2.31. The Morgan fingerprint density at radius 3 is 2.83 bits per heavy atom. The van der Waals surface area contributed by atoms with E-state index in [1.54, 1.807) is 0 Å². The first-order chi connectivity index (χ1) is 11.5. The third kappa shape index (κ3) is 3.06. The van der Waals surface area contributed by atoms with E-state index in [0.717, 1.165) is 33.7 Å². The van der Waals surface area contributed by atoms with Crippen molar-refractivity contribution in [3.05, 3.63) is 22.0 Å². The van der Waals surface area contributed by atoms with Gasteiger partial charge in [0.1, 0.15) is 28.7 Å². The highest BCUT2D eigenvalue weighted by atomic mass is 32.1. The highest BCUT2D eigenvalue weighted by Gasteiger charge is 2.23. The molecule has 2 aromatic rings. The number of carbonyl (C=O) groups is 2. The van der Waals surface area contributed by atoms with Crippen LogP contribution in [0.3, 0.4) is 0 Å². The molecule has 0 spiro atoms. The van der Waals surface area contributed by atoms with Crippen molar-refractivity contribution < 1.29 is 19.1 Å². The molecule has 0 saturated carbocycles. The molecule has 0 radical (unpaired) electrons. The van der Waals surface area contributed by atoms with Gasteiger partial charge < -0.3 is 14.4 Å². The maximum atomic E-state index is 12.4. The summed E-state index contributed by atoms with van der Waals surface area (Å²) in [4.78, 5) is 35.5. The Bertz CT molecular complexity index is 802. The monoisotopic (exact) mass is 349 g/mol. The molecular formula is C16H19N3O4S. The second-order valence-electron chi connectivity index (χ2n) is 5.55. The standard InChI is InChI=1S/C16H19N3O4S/c1-4-11-17-10(3)12-9(2)13(24-14(12)18-11)15(20)22-7-5-19-6-8-23-16(19)21/h4-8H2,1-3H3. The van der Waals surface area contributed by atoms with Gasteiger partial charge in [-0.15, -0.1) is 11.3 Å². The fourth-order valence-corrected chi connectivity index (χ4v) is 3.84. The number of aromatic nitrogens is 2. The first kappa shape index (κ1) is 16.6. The van der Waals surface area contributed by atoms with Crippen LogP contribution in [0, 0.1) is 13.8 Å². The summed E-state index contributed by atoms with van der Waals surface area (Å²) in [6.45, 7) is 7.22. The summed E-state index contributed by atoms with van der Waals surface area (Å²) in [7, 11) is 0. The lowest BCUT2D eigenvalue weighted by atomic mass is 10.1. The van der Waals surface area contributed by atoms with Gasteiger partial charge in [0.15, 0.2) is 0 Å². The Labute approximate surface area is 143 Å². The SMILES string of the molecule is CCc1nc(C)c2c(C)c(C(=O)OCCN3CCOC3=O)sc2n1. The first-order valence-corrected chi connectivity index (χ1v) is 8.68. The molecule has 8 heteroatoms. The van der Waals surface area contributed by atoms with Gasteiger partial charge in [-0.05, 0) is 19.4 Å². The van der Waals surface area contributed by atoms with Crippen LogP contribution in [0.5, 0.6) is 0 Å². The molecule has 0 N–H and O–H groups in total. The number of rotatable bonds is 5. The number of hydrogen-bond acceptors (Lipinski definition) is 7. The van der Waals surface area contributed by atoms with Crippen LogP contribution >= 0.6 is 11.3 Å². The predicted octanol–water partition coefficient (Wildman–Crippen LogP) is 2.48. The van der Waals surface area contributed by atoms with E-state index >= 15 is 0 Å². The zero-order valence-electron chi connectivity index (χ0n) is 13.9. The molecule has 0 atom stereocenters. The van der Waals surface area contributed by atoms with E-state index in [4.69, 9.17) is 9.47 Å². The molecule has 1 aliphatic rings. The van der Waals surface area contributed by atoms with E-state index in [0.29, 0.717) is 24.6 Å². The summed E-state index contributed by atoms with van der Waals surface area (Å²) in [5.74, 6) is 0.384. The number of carbonyl (C=O) groups excluding carboxylic acids is 2. The molecule has 1 saturated heterocycles. The van der Waals surface area contributed by atoms with Crippen molar-refractivity contribution >= 4 is 33.6 Å².